The highest BCUT2D eigenvalue weighted by Crippen LogP contribution is 2.23. The van der Waals surface area contributed by atoms with Gasteiger partial charge in [-0.3, -0.25) is 19.8 Å². The second-order valence-electron chi connectivity index (χ2n) is 4.23. The molecule has 0 atom stereocenters. The fraction of sp³-hybridized carbons (Fsp3) is 0. The molecule has 0 bridgehead atoms. The molecule has 2 heterocycles. The maximum absolute atomic E-state index is 11.9. The molecule has 0 N–H and O–H groups in total. The molecule has 0 fully saturated rings. The minimum atomic E-state index is -0.468. The summed E-state index contributed by atoms with van der Waals surface area (Å²) in [5, 5.41) is 10.7. The summed E-state index contributed by atoms with van der Waals surface area (Å²) < 4.78 is 0. The van der Waals surface area contributed by atoms with Crippen molar-refractivity contribution in [2.75, 3.05) is 0 Å². The fourth-order valence-corrected chi connectivity index (χ4v) is 2.01. The highest BCUT2D eigenvalue weighted by atomic mass is 16.6. The molecule has 0 unspecified atom stereocenters. The summed E-state index contributed by atoms with van der Waals surface area (Å²) in [7, 11) is 0. The summed E-state index contributed by atoms with van der Waals surface area (Å²) in [6, 6.07) is 6.11. The predicted molar refractivity (Wildman–Crippen MR) is 73.6 cm³/mol. The number of amidine groups is 1. The molecule has 3 rings (SSSR count). The zero-order chi connectivity index (χ0) is 14.1. The summed E-state index contributed by atoms with van der Waals surface area (Å²) in [5.41, 5.74) is 0.947. The van der Waals surface area contributed by atoms with Gasteiger partial charge in [0.2, 0.25) is 0 Å². The van der Waals surface area contributed by atoms with Crippen LogP contribution in [0.25, 0.3) is 6.08 Å². The number of aliphatic imine (C=N–C) groups is 1. The lowest BCUT2D eigenvalue weighted by Gasteiger charge is -2.16. The molecule has 20 heavy (non-hydrogen) atoms. The number of nitro groups is 1. The third-order valence-corrected chi connectivity index (χ3v) is 2.92. The molecular weight excluding hydrogens is 258 g/mol. The molecule has 1 aromatic carbocycles. The minimum Gasteiger partial charge on any atom is -0.297 e. The Hall–Kier alpha value is -3.02. The van der Waals surface area contributed by atoms with E-state index in [9.17, 15) is 14.9 Å². The predicted octanol–water partition coefficient (Wildman–Crippen LogP) is 2.26. The first-order chi connectivity index (χ1) is 9.65. The maximum atomic E-state index is 11.9. The average Bonchev–Trinajstić information content (AvgIpc) is 2.76. The van der Waals surface area contributed by atoms with E-state index in [1.165, 1.54) is 12.1 Å². The lowest BCUT2D eigenvalue weighted by Crippen LogP contribution is -2.20. The Morgan fingerprint density at radius 2 is 2.15 bits per heavy atom. The molecule has 0 aliphatic carbocycles. The molecule has 6 heteroatoms. The number of amides is 1. The van der Waals surface area contributed by atoms with E-state index in [0.29, 0.717) is 17.1 Å². The molecule has 6 nitrogen and oxygen atoms in total. The van der Waals surface area contributed by atoms with Crippen LogP contribution in [0.4, 0.5) is 5.69 Å². The molecular formula is C14H9N3O3. The molecule has 0 saturated carbocycles. The van der Waals surface area contributed by atoms with Crippen molar-refractivity contribution in [1.82, 2.24) is 4.90 Å². The summed E-state index contributed by atoms with van der Waals surface area (Å²) in [5.74, 6) is 0.192. The quantitative estimate of drug-likeness (QED) is 0.468. The second-order valence-corrected chi connectivity index (χ2v) is 4.23. The third kappa shape index (κ3) is 2.03. The van der Waals surface area contributed by atoms with Gasteiger partial charge < -0.3 is 0 Å². The van der Waals surface area contributed by atoms with Gasteiger partial charge >= 0.3 is 0 Å². The van der Waals surface area contributed by atoms with Gasteiger partial charge in [-0.1, -0.05) is 18.2 Å². The molecule has 0 radical (unpaired) electrons. The third-order valence-electron chi connectivity index (χ3n) is 2.92. The summed E-state index contributed by atoms with van der Waals surface area (Å²) >= 11 is 0. The Kier molecular flexibility index (Phi) is 2.76. The zero-order valence-electron chi connectivity index (χ0n) is 10.3. The van der Waals surface area contributed by atoms with Crippen LogP contribution in [0.2, 0.25) is 0 Å². The van der Waals surface area contributed by atoms with Crippen LogP contribution < -0.4 is 0 Å². The van der Waals surface area contributed by atoms with Gasteiger partial charge in [0, 0.05) is 18.3 Å². The highest BCUT2D eigenvalue weighted by Gasteiger charge is 2.27. The van der Waals surface area contributed by atoms with Crippen LogP contribution >= 0.6 is 0 Å². The lowest BCUT2D eigenvalue weighted by molar-refractivity contribution is -0.384. The van der Waals surface area contributed by atoms with Crippen molar-refractivity contribution in [3.63, 3.8) is 0 Å². The molecule has 0 saturated heterocycles. The van der Waals surface area contributed by atoms with Crippen LogP contribution in [0.5, 0.6) is 0 Å². The van der Waals surface area contributed by atoms with Gasteiger partial charge in [0.25, 0.3) is 11.6 Å². The number of non-ortho nitro benzene ring substituents is 1. The molecule has 0 aromatic heterocycles. The summed E-state index contributed by atoms with van der Waals surface area (Å²) in [6.07, 6.45) is 8.63. The number of allylic oxidation sites excluding steroid dienone is 2. The minimum absolute atomic E-state index is 0.0139. The molecule has 1 amide bonds. The first-order valence-corrected chi connectivity index (χ1v) is 5.88. The SMILES string of the molecule is O=C1N=C2C=CC=CN2/C1=C/c1cccc([N+](=O)[O-])c1. The van der Waals surface area contributed by atoms with Crippen molar-refractivity contribution in [2.24, 2.45) is 4.99 Å². The second kappa shape index (κ2) is 4.58. The Morgan fingerprint density at radius 3 is 2.95 bits per heavy atom. The monoisotopic (exact) mass is 267 g/mol. The van der Waals surface area contributed by atoms with Crippen LogP contribution in [0, 0.1) is 10.1 Å². The molecule has 2 aliphatic heterocycles. The average molecular weight is 267 g/mol. The number of carbonyl (C=O) groups is 1. The highest BCUT2D eigenvalue weighted by molar-refractivity contribution is 6.17. The van der Waals surface area contributed by atoms with Crippen molar-refractivity contribution in [1.29, 1.82) is 0 Å². The number of nitro benzene ring substituents is 1. The van der Waals surface area contributed by atoms with Gasteiger partial charge in [-0.05, 0) is 23.8 Å². The van der Waals surface area contributed by atoms with Gasteiger partial charge in [-0.15, -0.1) is 0 Å². The van der Waals surface area contributed by atoms with Gasteiger partial charge in [0.1, 0.15) is 11.5 Å². The van der Waals surface area contributed by atoms with Crippen molar-refractivity contribution in [3.8, 4) is 0 Å². The number of carbonyl (C=O) groups excluding carboxylic acids is 1. The first kappa shape index (κ1) is 12.0. The van der Waals surface area contributed by atoms with E-state index in [2.05, 4.69) is 4.99 Å². The van der Waals surface area contributed by atoms with Gasteiger partial charge in [0.15, 0.2) is 0 Å². The van der Waals surface area contributed by atoms with Crippen LogP contribution in [-0.4, -0.2) is 21.6 Å². The van der Waals surface area contributed by atoms with Gasteiger partial charge in [0.05, 0.1) is 4.92 Å². The summed E-state index contributed by atoms with van der Waals surface area (Å²) in [4.78, 5) is 27.7. The zero-order valence-corrected chi connectivity index (χ0v) is 10.3. The van der Waals surface area contributed by atoms with Crippen LogP contribution in [0.15, 0.2) is 59.4 Å². The Balaban J connectivity index is 1.99. The normalized spacial score (nSPS) is 18.4. The van der Waals surface area contributed by atoms with Crippen LogP contribution in [0.3, 0.4) is 0 Å². The van der Waals surface area contributed by atoms with Gasteiger partial charge in [-0.25, -0.2) is 0 Å². The van der Waals surface area contributed by atoms with E-state index in [-0.39, 0.29) is 11.6 Å². The number of fused-ring (bicyclic) bond motifs is 1. The van der Waals surface area contributed by atoms with E-state index in [4.69, 9.17) is 0 Å². The van der Waals surface area contributed by atoms with Crippen molar-refractivity contribution >= 4 is 23.5 Å². The Morgan fingerprint density at radius 1 is 1.30 bits per heavy atom. The topological polar surface area (TPSA) is 75.8 Å². The molecule has 0 spiro atoms. The number of rotatable bonds is 2. The molecule has 1 aromatic rings. The van der Waals surface area contributed by atoms with Gasteiger partial charge in [-0.2, -0.15) is 4.99 Å². The first-order valence-electron chi connectivity index (χ1n) is 5.88. The van der Waals surface area contributed by atoms with Crippen LogP contribution in [-0.2, 0) is 4.79 Å². The van der Waals surface area contributed by atoms with E-state index < -0.39 is 4.92 Å². The smallest absolute Gasteiger partial charge is 0.295 e. The van der Waals surface area contributed by atoms with E-state index in [0.717, 1.165) is 0 Å². The number of hydrogen-bond acceptors (Lipinski definition) is 4. The Labute approximate surface area is 114 Å². The standard InChI is InChI=1S/C14H9N3O3/c18-14-12(16-7-2-1-6-13(16)15-14)9-10-4-3-5-11(8-10)17(19)20/h1-9H/b12-9+. The van der Waals surface area contributed by atoms with Crippen molar-refractivity contribution < 1.29 is 9.72 Å². The lowest BCUT2D eigenvalue weighted by atomic mass is 10.1. The number of nitrogens with zero attached hydrogens (tertiary/aromatic N) is 3. The number of benzene rings is 1. The van der Waals surface area contributed by atoms with Crippen molar-refractivity contribution in [2.45, 2.75) is 0 Å². The molecule has 98 valence electrons. The van der Waals surface area contributed by atoms with E-state index in [1.807, 2.05) is 0 Å². The van der Waals surface area contributed by atoms with E-state index in [1.54, 1.807) is 47.5 Å². The molecule has 2 aliphatic rings. The summed E-state index contributed by atoms with van der Waals surface area (Å²) in [6.45, 7) is 0. The largest absolute Gasteiger partial charge is 0.297 e. The fourth-order valence-electron chi connectivity index (χ4n) is 2.01. The van der Waals surface area contributed by atoms with Crippen LogP contribution in [0.1, 0.15) is 5.56 Å². The van der Waals surface area contributed by atoms with E-state index >= 15 is 0 Å². The number of hydrogen-bond donors (Lipinski definition) is 0. The van der Waals surface area contributed by atoms with Crippen molar-refractivity contribution in [3.05, 3.63) is 70.1 Å². The maximum Gasteiger partial charge on any atom is 0.295 e. The Bertz CT molecular complexity index is 729.